The van der Waals surface area contributed by atoms with Crippen LogP contribution < -0.4 is 5.32 Å². The molecule has 0 spiro atoms. The molecule has 5 heteroatoms. The molecule has 1 aromatic heterocycles. The molecular formula is C14H16F2N2S. The summed E-state index contributed by atoms with van der Waals surface area (Å²) in [5.41, 5.74) is 1.39. The van der Waals surface area contributed by atoms with Gasteiger partial charge in [-0.15, -0.1) is 11.3 Å². The highest BCUT2D eigenvalue weighted by Gasteiger charge is 2.11. The molecule has 1 unspecified atom stereocenters. The zero-order valence-corrected chi connectivity index (χ0v) is 11.7. The van der Waals surface area contributed by atoms with Crippen LogP contribution in [-0.4, -0.2) is 11.5 Å². The Hall–Kier alpha value is -1.33. The molecule has 0 radical (unpaired) electrons. The molecule has 1 heterocycles. The second kappa shape index (κ2) is 6.21. The fourth-order valence-corrected chi connectivity index (χ4v) is 2.54. The third kappa shape index (κ3) is 3.81. The number of thiazole rings is 1. The zero-order chi connectivity index (χ0) is 13.8. The van der Waals surface area contributed by atoms with Crippen LogP contribution in [0, 0.1) is 18.6 Å². The van der Waals surface area contributed by atoms with E-state index in [-0.39, 0.29) is 11.9 Å². The lowest BCUT2D eigenvalue weighted by molar-refractivity contribution is 0.520. The van der Waals surface area contributed by atoms with Crippen LogP contribution in [0.4, 0.5) is 8.78 Å². The molecule has 0 aliphatic carbocycles. The van der Waals surface area contributed by atoms with Crippen LogP contribution in [0.25, 0.3) is 0 Å². The molecule has 102 valence electrons. The van der Waals surface area contributed by atoms with Crippen LogP contribution >= 0.6 is 11.3 Å². The van der Waals surface area contributed by atoms with Crippen LogP contribution in [0.1, 0.15) is 29.2 Å². The van der Waals surface area contributed by atoms with Crippen molar-refractivity contribution in [3.8, 4) is 0 Å². The van der Waals surface area contributed by atoms with Gasteiger partial charge >= 0.3 is 0 Å². The SMILES string of the molecule is Cc1nc(CCNC(C)c2cc(F)ccc2F)cs1. The molecule has 1 atom stereocenters. The van der Waals surface area contributed by atoms with Crippen molar-refractivity contribution in [3.63, 3.8) is 0 Å². The van der Waals surface area contributed by atoms with Crippen LogP contribution in [0.5, 0.6) is 0 Å². The van der Waals surface area contributed by atoms with Gasteiger partial charge in [-0.3, -0.25) is 0 Å². The van der Waals surface area contributed by atoms with Crippen molar-refractivity contribution in [3.05, 3.63) is 51.5 Å². The molecule has 0 saturated heterocycles. The van der Waals surface area contributed by atoms with Gasteiger partial charge in [-0.05, 0) is 32.0 Å². The number of aromatic nitrogens is 1. The fraction of sp³-hybridized carbons (Fsp3) is 0.357. The minimum atomic E-state index is -0.417. The first-order valence-corrected chi connectivity index (χ1v) is 7.03. The highest BCUT2D eigenvalue weighted by atomic mass is 32.1. The fourth-order valence-electron chi connectivity index (χ4n) is 1.90. The third-order valence-corrected chi connectivity index (χ3v) is 3.75. The Balaban J connectivity index is 1.90. The van der Waals surface area contributed by atoms with Crippen LogP contribution in [-0.2, 0) is 6.42 Å². The minimum absolute atomic E-state index is 0.226. The van der Waals surface area contributed by atoms with E-state index in [4.69, 9.17) is 0 Å². The molecule has 0 aliphatic heterocycles. The van der Waals surface area contributed by atoms with Gasteiger partial charge in [0, 0.05) is 30.0 Å². The molecule has 2 aromatic rings. The Kier molecular flexibility index (Phi) is 4.61. The summed E-state index contributed by atoms with van der Waals surface area (Å²) in [5.74, 6) is -0.800. The maximum atomic E-state index is 13.6. The quantitative estimate of drug-likeness (QED) is 0.906. The molecule has 2 rings (SSSR count). The van der Waals surface area contributed by atoms with E-state index in [1.54, 1.807) is 11.3 Å². The summed E-state index contributed by atoms with van der Waals surface area (Å²) >= 11 is 1.62. The Morgan fingerprint density at radius 2 is 2.16 bits per heavy atom. The number of rotatable bonds is 5. The van der Waals surface area contributed by atoms with Crippen LogP contribution in [0.3, 0.4) is 0 Å². The van der Waals surface area contributed by atoms with Crippen molar-refractivity contribution in [2.45, 2.75) is 26.3 Å². The summed E-state index contributed by atoms with van der Waals surface area (Å²) in [5, 5.41) is 6.24. The predicted molar refractivity (Wildman–Crippen MR) is 73.3 cm³/mol. The van der Waals surface area contributed by atoms with Gasteiger partial charge in [0.25, 0.3) is 0 Å². The summed E-state index contributed by atoms with van der Waals surface area (Å²) in [6.45, 7) is 4.47. The Bertz CT molecular complexity index is 554. The third-order valence-electron chi connectivity index (χ3n) is 2.92. The molecule has 2 nitrogen and oxygen atoms in total. The van der Waals surface area contributed by atoms with Crippen molar-refractivity contribution in [1.29, 1.82) is 0 Å². The summed E-state index contributed by atoms with van der Waals surface area (Å²) in [7, 11) is 0. The first-order chi connectivity index (χ1) is 9.06. The van der Waals surface area contributed by atoms with Gasteiger partial charge < -0.3 is 5.32 Å². The van der Waals surface area contributed by atoms with Crippen molar-refractivity contribution in [2.24, 2.45) is 0 Å². The molecule has 0 aliphatic rings. The van der Waals surface area contributed by atoms with Gasteiger partial charge in [-0.1, -0.05) is 0 Å². The van der Waals surface area contributed by atoms with E-state index in [1.807, 2.05) is 19.2 Å². The highest BCUT2D eigenvalue weighted by Crippen LogP contribution is 2.18. The van der Waals surface area contributed by atoms with Gasteiger partial charge in [0.05, 0.1) is 10.7 Å². The second-order valence-corrected chi connectivity index (χ2v) is 5.51. The lowest BCUT2D eigenvalue weighted by atomic mass is 10.1. The van der Waals surface area contributed by atoms with E-state index in [0.29, 0.717) is 12.1 Å². The molecule has 1 N–H and O–H groups in total. The van der Waals surface area contributed by atoms with E-state index < -0.39 is 5.82 Å². The molecule has 19 heavy (non-hydrogen) atoms. The van der Waals surface area contributed by atoms with Crippen molar-refractivity contribution in [2.75, 3.05) is 6.54 Å². The summed E-state index contributed by atoms with van der Waals surface area (Å²) < 4.78 is 26.7. The first-order valence-electron chi connectivity index (χ1n) is 6.15. The number of halogens is 2. The van der Waals surface area contributed by atoms with Gasteiger partial charge in [0.1, 0.15) is 11.6 Å². The second-order valence-electron chi connectivity index (χ2n) is 4.45. The minimum Gasteiger partial charge on any atom is -0.310 e. The van der Waals surface area contributed by atoms with E-state index >= 15 is 0 Å². The van der Waals surface area contributed by atoms with E-state index in [1.165, 1.54) is 6.07 Å². The van der Waals surface area contributed by atoms with Gasteiger partial charge in [-0.2, -0.15) is 0 Å². The molecule has 0 bridgehead atoms. The van der Waals surface area contributed by atoms with E-state index in [2.05, 4.69) is 10.3 Å². The topological polar surface area (TPSA) is 24.9 Å². The van der Waals surface area contributed by atoms with Crippen molar-refractivity contribution >= 4 is 11.3 Å². The Morgan fingerprint density at radius 3 is 2.84 bits per heavy atom. The van der Waals surface area contributed by atoms with E-state index in [9.17, 15) is 8.78 Å². The first kappa shape index (κ1) is 14.1. The maximum Gasteiger partial charge on any atom is 0.128 e. The van der Waals surface area contributed by atoms with E-state index in [0.717, 1.165) is 29.3 Å². The summed E-state index contributed by atoms with van der Waals surface area (Å²) in [4.78, 5) is 4.36. The maximum absolute atomic E-state index is 13.6. The average molecular weight is 282 g/mol. The molecular weight excluding hydrogens is 266 g/mol. The summed E-state index contributed by atoms with van der Waals surface area (Å²) in [6.07, 6.45) is 0.783. The van der Waals surface area contributed by atoms with Crippen molar-refractivity contribution < 1.29 is 8.78 Å². The smallest absolute Gasteiger partial charge is 0.128 e. The number of benzene rings is 1. The van der Waals surface area contributed by atoms with Gasteiger partial charge in [-0.25, -0.2) is 13.8 Å². The largest absolute Gasteiger partial charge is 0.310 e. The summed E-state index contributed by atoms with van der Waals surface area (Å²) in [6, 6.07) is 3.30. The van der Waals surface area contributed by atoms with Gasteiger partial charge in [0.2, 0.25) is 0 Å². The van der Waals surface area contributed by atoms with Gasteiger partial charge in [0.15, 0.2) is 0 Å². The average Bonchev–Trinajstić information content (AvgIpc) is 2.78. The Morgan fingerprint density at radius 1 is 1.37 bits per heavy atom. The lowest BCUT2D eigenvalue weighted by Gasteiger charge is -2.14. The van der Waals surface area contributed by atoms with Crippen LogP contribution in [0.15, 0.2) is 23.6 Å². The zero-order valence-electron chi connectivity index (χ0n) is 10.9. The monoisotopic (exact) mass is 282 g/mol. The number of nitrogens with one attached hydrogen (secondary N) is 1. The lowest BCUT2D eigenvalue weighted by Crippen LogP contribution is -2.22. The molecule has 1 aromatic carbocycles. The number of nitrogens with zero attached hydrogens (tertiary/aromatic N) is 1. The molecule has 0 amide bonds. The number of aryl methyl sites for hydroxylation is 1. The number of hydrogen-bond acceptors (Lipinski definition) is 3. The highest BCUT2D eigenvalue weighted by molar-refractivity contribution is 7.09. The van der Waals surface area contributed by atoms with Crippen molar-refractivity contribution in [1.82, 2.24) is 10.3 Å². The normalized spacial score (nSPS) is 12.6. The Labute approximate surface area is 115 Å². The molecule has 0 saturated carbocycles. The molecule has 0 fully saturated rings. The number of hydrogen-bond donors (Lipinski definition) is 1. The standard InChI is InChI=1S/C14H16F2N2S/c1-9(13-7-11(15)3-4-14(13)16)17-6-5-12-8-19-10(2)18-12/h3-4,7-9,17H,5-6H2,1-2H3. The predicted octanol–water partition coefficient (Wildman–Crippen LogP) is 3.62. The van der Waals surface area contributed by atoms with Crippen LogP contribution in [0.2, 0.25) is 0 Å².